The zero-order valence-corrected chi connectivity index (χ0v) is 19.2. The Morgan fingerprint density at radius 2 is 1.35 bits per heavy atom. The Balaban J connectivity index is 0.000000234. The lowest BCUT2D eigenvalue weighted by molar-refractivity contribution is 0.112. The standard InChI is InChI=1S/C11H10N2O3S.C10H9NO4S.CH4/c1-17(14,15)13-10-3-2-8(4-6-12)9-5-7-16-11(9)10;1-16(13,14)11-9-3-2-7(6-12)8-4-5-15-10(8)9;/h2-3,5,7,13H,4H2,1H3;2-6,11H,1H3;1H4. The number of rotatable bonds is 6. The van der Waals surface area contributed by atoms with Crippen molar-refractivity contribution >= 4 is 59.6 Å². The summed E-state index contributed by atoms with van der Waals surface area (Å²) in [4.78, 5) is 10.7. The van der Waals surface area contributed by atoms with Crippen molar-refractivity contribution in [2.45, 2.75) is 13.8 Å². The minimum Gasteiger partial charge on any atom is -0.462 e. The van der Waals surface area contributed by atoms with Gasteiger partial charge in [-0.2, -0.15) is 5.26 Å². The Bertz CT molecular complexity index is 1580. The van der Waals surface area contributed by atoms with E-state index in [9.17, 15) is 21.6 Å². The lowest BCUT2D eigenvalue weighted by atomic mass is 10.1. The summed E-state index contributed by atoms with van der Waals surface area (Å²) in [5.41, 5.74) is 2.79. The largest absolute Gasteiger partial charge is 0.462 e. The third-order valence-corrected chi connectivity index (χ3v) is 5.53. The Labute approximate surface area is 197 Å². The van der Waals surface area contributed by atoms with Crippen LogP contribution in [0.4, 0.5) is 11.4 Å². The van der Waals surface area contributed by atoms with Crippen LogP contribution < -0.4 is 9.44 Å². The molecule has 12 heteroatoms. The quantitative estimate of drug-likeness (QED) is 0.370. The number of nitrogens with one attached hydrogen (secondary N) is 2. The number of furan rings is 2. The Kier molecular flexibility index (Phi) is 8.09. The van der Waals surface area contributed by atoms with Crippen molar-refractivity contribution in [3.63, 3.8) is 0 Å². The summed E-state index contributed by atoms with van der Waals surface area (Å²) < 4.78 is 59.6. The van der Waals surface area contributed by atoms with E-state index in [-0.39, 0.29) is 13.8 Å². The summed E-state index contributed by atoms with van der Waals surface area (Å²) in [6.07, 6.45) is 5.96. The van der Waals surface area contributed by atoms with Crippen LogP contribution in [0.25, 0.3) is 21.9 Å². The van der Waals surface area contributed by atoms with Crippen molar-refractivity contribution in [1.82, 2.24) is 0 Å². The van der Waals surface area contributed by atoms with Gasteiger partial charge in [-0.3, -0.25) is 14.2 Å². The van der Waals surface area contributed by atoms with E-state index in [0.29, 0.717) is 39.8 Å². The van der Waals surface area contributed by atoms with Crippen LogP contribution in [0.5, 0.6) is 0 Å². The van der Waals surface area contributed by atoms with Crippen LogP contribution in [-0.4, -0.2) is 35.6 Å². The molecule has 0 spiro atoms. The molecule has 2 heterocycles. The van der Waals surface area contributed by atoms with Crippen molar-refractivity contribution in [3.8, 4) is 6.07 Å². The third-order valence-electron chi connectivity index (χ3n) is 4.34. The number of carbonyl (C=O) groups is 1. The van der Waals surface area contributed by atoms with Gasteiger partial charge < -0.3 is 8.83 Å². The van der Waals surface area contributed by atoms with E-state index < -0.39 is 20.0 Å². The lowest BCUT2D eigenvalue weighted by Gasteiger charge is -2.06. The predicted octanol–water partition coefficient (Wildman–Crippen LogP) is 4.12. The van der Waals surface area contributed by atoms with Gasteiger partial charge in [0, 0.05) is 16.3 Å². The first kappa shape index (κ1) is 26.4. The van der Waals surface area contributed by atoms with Gasteiger partial charge >= 0.3 is 0 Å². The van der Waals surface area contributed by atoms with E-state index in [0.717, 1.165) is 23.5 Å². The first-order chi connectivity index (χ1) is 15.5. The molecule has 0 amide bonds. The molecular formula is C22H23N3O7S2. The number of hydrogen-bond acceptors (Lipinski definition) is 8. The zero-order valence-electron chi connectivity index (χ0n) is 17.5. The first-order valence-corrected chi connectivity index (χ1v) is 13.1. The molecule has 2 N–H and O–H groups in total. The number of benzene rings is 2. The van der Waals surface area contributed by atoms with E-state index in [1.165, 1.54) is 18.6 Å². The van der Waals surface area contributed by atoms with E-state index in [1.54, 1.807) is 30.3 Å². The van der Waals surface area contributed by atoms with Crippen LogP contribution in [0, 0.1) is 11.3 Å². The van der Waals surface area contributed by atoms with Crippen LogP contribution in [0.1, 0.15) is 23.3 Å². The molecule has 0 bridgehead atoms. The van der Waals surface area contributed by atoms with Crippen LogP contribution in [0.3, 0.4) is 0 Å². The van der Waals surface area contributed by atoms with Crippen molar-refractivity contribution < 1.29 is 30.5 Å². The first-order valence-electron chi connectivity index (χ1n) is 9.29. The summed E-state index contributed by atoms with van der Waals surface area (Å²) in [5, 5.41) is 10.0. The summed E-state index contributed by atoms with van der Waals surface area (Å²) in [6.45, 7) is 0. The van der Waals surface area contributed by atoms with Gasteiger partial charge in [-0.25, -0.2) is 16.8 Å². The smallest absolute Gasteiger partial charge is 0.229 e. The molecule has 0 saturated heterocycles. The Morgan fingerprint density at radius 1 is 0.853 bits per heavy atom. The van der Waals surface area contributed by atoms with Gasteiger partial charge in [0.25, 0.3) is 0 Å². The lowest BCUT2D eigenvalue weighted by Crippen LogP contribution is -2.09. The number of fused-ring (bicyclic) bond motifs is 2. The molecule has 0 unspecified atom stereocenters. The Hall–Kier alpha value is -3.82. The van der Waals surface area contributed by atoms with Crippen LogP contribution >= 0.6 is 0 Å². The number of hydrogen-bond donors (Lipinski definition) is 2. The van der Waals surface area contributed by atoms with Gasteiger partial charge in [0.15, 0.2) is 17.5 Å². The third kappa shape index (κ3) is 6.37. The van der Waals surface area contributed by atoms with Crippen molar-refractivity contribution in [2.24, 2.45) is 0 Å². The van der Waals surface area contributed by atoms with Crippen LogP contribution in [0.2, 0.25) is 0 Å². The van der Waals surface area contributed by atoms with Gasteiger partial charge in [-0.15, -0.1) is 0 Å². The van der Waals surface area contributed by atoms with Gasteiger partial charge in [-0.05, 0) is 35.9 Å². The topological polar surface area (TPSA) is 159 Å². The van der Waals surface area contributed by atoms with Crippen LogP contribution in [-0.2, 0) is 26.5 Å². The Morgan fingerprint density at radius 3 is 1.85 bits per heavy atom. The van der Waals surface area contributed by atoms with Gasteiger partial charge in [-0.1, -0.05) is 13.5 Å². The fourth-order valence-electron chi connectivity index (χ4n) is 3.11. The minimum absolute atomic E-state index is 0. The summed E-state index contributed by atoms with van der Waals surface area (Å²) in [5.74, 6) is 0. The molecule has 0 aliphatic carbocycles. The highest BCUT2D eigenvalue weighted by atomic mass is 32.2. The molecule has 0 saturated carbocycles. The number of nitrogens with zero attached hydrogens (tertiary/aromatic N) is 1. The van der Waals surface area contributed by atoms with Gasteiger partial charge in [0.1, 0.15) is 0 Å². The number of aldehydes is 1. The van der Waals surface area contributed by atoms with E-state index >= 15 is 0 Å². The monoisotopic (exact) mass is 505 g/mol. The highest BCUT2D eigenvalue weighted by molar-refractivity contribution is 7.92. The highest BCUT2D eigenvalue weighted by Gasteiger charge is 2.12. The number of sulfonamides is 2. The average molecular weight is 506 g/mol. The van der Waals surface area contributed by atoms with Crippen molar-refractivity contribution in [3.05, 3.63) is 60.1 Å². The average Bonchev–Trinajstić information content (AvgIpc) is 3.39. The minimum atomic E-state index is -3.36. The molecule has 0 radical (unpaired) electrons. The molecule has 0 atom stereocenters. The second-order valence-electron chi connectivity index (χ2n) is 7.00. The molecule has 2 aromatic heterocycles. The number of carbonyl (C=O) groups excluding carboxylic acids is 1. The molecule has 180 valence electrons. The molecule has 0 aliphatic rings. The van der Waals surface area contributed by atoms with E-state index in [4.69, 9.17) is 14.1 Å². The normalized spacial score (nSPS) is 11.1. The maximum absolute atomic E-state index is 11.2. The molecule has 4 aromatic rings. The second kappa shape index (κ2) is 10.4. The fraction of sp³-hybridized carbons (Fsp3) is 0.182. The molecule has 34 heavy (non-hydrogen) atoms. The zero-order chi connectivity index (χ0) is 24.2. The summed E-state index contributed by atoms with van der Waals surface area (Å²) >= 11 is 0. The van der Waals surface area contributed by atoms with Gasteiger partial charge in [0.05, 0.1) is 48.9 Å². The summed E-state index contributed by atoms with van der Waals surface area (Å²) in [7, 11) is -6.71. The molecule has 0 aliphatic heterocycles. The van der Waals surface area contributed by atoms with Crippen molar-refractivity contribution in [1.29, 1.82) is 5.26 Å². The van der Waals surface area contributed by atoms with Crippen LogP contribution in [0.15, 0.2) is 57.8 Å². The number of anilines is 2. The highest BCUT2D eigenvalue weighted by Crippen LogP contribution is 2.29. The van der Waals surface area contributed by atoms with Gasteiger partial charge in [0.2, 0.25) is 20.0 Å². The molecular weight excluding hydrogens is 482 g/mol. The molecule has 0 fully saturated rings. The molecule has 2 aromatic carbocycles. The number of nitriles is 1. The van der Waals surface area contributed by atoms with E-state index in [1.807, 2.05) is 0 Å². The molecule has 10 nitrogen and oxygen atoms in total. The molecule has 4 rings (SSSR count). The van der Waals surface area contributed by atoms with E-state index in [2.05, 4.69) is 15.5 Å². The maximum atomic E-state index is 11.2. The fourth-order valence-corrected chi connectivity index (χ4v) is 4.23. The van der Waals surface area contributed by atoms with Crippen molar-refractivity contribution in [2.75, 3.05) is 22.0 Å². The SMILES string of the molecule is C.CS(=O)(=O)Nc1ccc(C=O)c2ccoc12.CS(=O)(=O)Nc1ccc(CC#N)c2ccoc12. The summed E-state index contributed by atoms with van der Waals surface area (Å²) in [6, 6.07) is 11.7. The second-order valence-corrected chi connectivity index (χ2v) is 10.5. The predicted molar refractivity (Wildman–Crippen MR) is 131 cm³/mol. The maximum Gasteiger partial charge on any atom is 0.229 e.